The third kappa shape index (κ3) is 4.06. The molecule has 0 radical (unpaired) electrons. The van der Waals surface area contributed by atoms with Crippen LogP contribution in [0, 0.1) is 50.7 Å². The Labute approximate surface area is 246 Å². The van der Waals surface area contributed by atoms with Crippen LogP contribution >= 0.6 is 0 Å². The molecule has 5 aliphatic rings. The molecule has 4 aliphatic carbocycles. The molecule has 1 heterocycles. The van der Waals surface area contributed by atoms with Crippen molar-refractivity contribution in [3.05, 3.63) is 0 Å². The smallest absolute Gasteiger partial charge is 0.319 e. The molecule has 0 amide bonds. The van der Waals surface area contributed by atoms with Gasteiger partial charge in [-0.3, -0.25) is 19.2 Å². The number of Topliss-reactive ketones (excluding diaryl/α,β-unsaturated/α-hetero) is 2. The number of epoxide rings is 1. The van der Waals surface area contributed by atoms with Gasteiger partial charge in [0.2, 0.25) is 0 Å². The van der Waals surface area contributed by atoms with Crippen molar-refractivity contribution in [2.75, 3.05) is 13.7 Å². The molecular weight excluding hydrogens is 520 g/mol. The van der Waals surface area contributed by atoms with Crippen LogP contribution in [0.1, 0.15) is 113 Å². The first-order valence-electron chi connectivity index (χ1n) is 15.9. The average molecular weight is 573 g/mol. The second-order valence-electron chi connectivity index (χ2n) is 15.9. The molecule has 1 aliphatic heterocycles. The van der Waals surface area contributed by atoms with Crippen LogP contribution in [0.3, 0.4) is 0 Å². The largest absolute Gasteiger partial charge is 0.468 e. The van der Waals surface area contributed by atoms with Crippen LogP contribution in [0.25, 0.3) is 0 Å². The Morgan fingerprint density at radius 3 is 2.12 bits per heavy atom. The number of esters is 2. The second kappa shape index (κ2) is 9.62. The van der Waals surface area contributed by atoms with Gasteiger partial charge in [-0.15, -0.1) is 0 Å². The molecule has 0 aromatic heterocycles. The van der Waals surface area contributed by atoms with Crippen molar-refractivity contribution in [3.8, 4) is 0 Å². The van der Waals surface area contributed by atoms with Crippen molar-refractivity contribution in [2.45, 2.75) is 125 Å². The number of hydrogen-bond acceptors (Lipinski definition) is 7. The van der Waals surface area contributed by atoms with Gasteiger partial charge in [0.1, 0.15) is 11.5 Å². The zero-order valence-electron chi connectivity index (χ0n) is 26.8. The van der Waals surface area contributed by atoms with E-state index in [1.54, 1.807) is 0 Å². The van der Waals surface area contributed by atoms with E-state index < -0.39 is 17.0 Å². The lowest BCUT2D eigenvalue weighted by Gasteiger charge is -2.71. The van der Waals surface area contributed by atoms with Gasteiger partial charge < -0.3 is 14.2 Å². The summed E-state index contributed by atoms with van der Waals surface area (Å²) in [4.78, 5) is 53.6. The molecule has 9 atom stereocenters. The SMILES string of the molecule is COC(=O)[C@@]1(CC(=O)[C@]2(C(C)C)CO2)CC[C@]2(C)[C@H](CC[C@@H]3[C@@]4(C)CC[C@H](OC(C)=O)C(C)(C)[C@@H]4CC[C@]32C)C1=O. The Kier molecular flexibility index (Phi) is 7.20. The first kappa shape index (κ1) is 30.7. The summed E-state index contributed by atoms with van der Waals surface area (Å²) in [7, 11) is 1.33. The summed E-state index contributed by atoms with van der Waals surface area (Å²) < 4.78 is 16.7. The van der Waals surface area contributed by atoms with Crippen LogP contribution in [0.2, 0.25) is 0 Å². The second-order valence-corrected chi connectivity index (χ2v) is 15.9. The van der Waals surface area contributed by atoms with Crippen LogP contribution in [-0.4, -0.2) is 48.9 Å². The number of rotatable bonds is 6. The highest BCUT2D eigenvalue weighted by Gasteiger charge is 2.71. The minimum absolute atomic E-state index is 0.0147. The van der Waals surface area contributed by atoms with Gasteiger partial charge in [0.25, 0.3) is 0 Å². The van der Waals surface area contributed by atoms with Gasteiger partial charge >= 0.3 is 11.9 Å². The maximum Gasteiger partial charge on any atom is 0.319 e. The third-order valence-corrected chi connectivity index (χ3v) is 13.9. The van der Waals surface area contributed by atoms with Crippen molar-refractivity contribution in [1.82, 2.24) is 0 Å². The monoisotopic (exact) mass is 572 g/mol. The number of hydrogen-bond donors (Lipinski definition) is 0. The Bertz CT molecular complexity index is 1140. The van der Waals surface area contributed by atoms with Crippen molar-refractivity contribution in [1.29, 1.82) is 0 Å². The summed E-state index contributed by atoms with van der Waals surface area (Å²) in [5.41, 5.74) is -2.72. The van der Waals surface area contributed by atoms with Crippen molar-refractivity contribution in [2.24, 2.45) is 50.7 Å². The fourth-order valence-corrected chi connectivity index (χ4v) is 11.1. The number of carbonyl (C=O) groups is 4. The molecule has 4 saturated carbocycles. The average Bonchev–Trinajstić information content (AvgIpc) is 3.70. The molecule has 0 N–H and O–H groups in total. The maximum atomic E-state index is 14.6. The highest BCUT2D eigenvalue weighted by atomic mass is 16.6. The molecular formula is C34H52O7. The standard InChI is InChI=1S/C34H52O7/c1-20(2)34(19-40-34)25(36)18-33(28(38)39-9)17-16-31(7)22(27(33)37)10-11-24-30(6)14-13-26(41-21(3)35)29(4,5)23(30)12-15-32(24,31)8/h20,22-24,26H,10-19H2,1-9H3/t22-,23+,24-,26+,30+,31-,32-,33-,34-/m1/s1. The minimum Gasteiger partial charge on any atom is -0.468 e. The molecule has 5 rings (SSSR count). The Morgan fingerprint density at radius 2 is 1.56 bits per heavy atom. The zero-order valence-corrected chi connectivity index (χ0v) is 26.8. The van der Waals surface area contributed by atoms with E-state index in [1.807, 2.05) is 13.8 Å². The van der Waals surface area contributed by atoms with E-state index in [0.717, 1.165) is 38.5 Å². The highest BCUT2D eigenvalue weighted by molar-refractivity contribution is 6.10. The highest BCUT2D eigenvalue weighted by Crippen LogP contribution is 2.74. The summed E-state index contributed by atoms with van der Waals surface area (Å²) in [6, 6.07) is 0. The Morgan fingerprint density at radius 1 is 0.902 bits per heavy atom. The van der Waals surface area contributed by atoms with Crippen LogP contribution < -0.4 is 0 Å². The number of carbonyl (C=O) groups excluding carboxylic acids is 4. The van der Waals surface area contributed by atoms with Crippen molar-refractivity contribution in [3.63, 3.8) is 0 Å². The first-order chi connectivity index (χ1) is 19.0. The molecule has 0 spiro atoms. The fourth-order valence-electron chi connectivity index (χ4n) is 11.1. The lowest BCUT2D eigenvalue weighted by molar-refractivity contribution is -0.236. The van der Waals surface area contributed by atoms with E-state index in [2.05, 4.69) is 34.6 Å². The van der Waals surface area contributed by atoms with E-state index >= 15 is 0 Å². The summed E-state index contributed by atoms with van der Waals surface area (Å²) in [6.07, 6.45) is 6.40. The molecule has 0 bridgehead atoms. The van der Waals surface area contributed by atoms with Gasteiger partial charge in [0.05, 0.1) is 13.7 Å². The molecule has 41 heavy (non-hydrogen) atoms. The first-order valence-corrected chi connectivity index (χ1v) is 15.9. The van der Waals surface area contributed by atoms with Crippen molar-refractivity contribution < 1.29 is 33.4 Å². The van der Waals surface area contributed by atoms with Crippen LogP contribution in [0.4, 0.5) is 0 Å². The summed E-state index contributed by atoms with van der Waals surface area (Å²) in [5, 5.41) is 0. The lowest BCUT2D eigenvalue weighted by atomic mass is 9.33. The van der Waals surface area contributed by atoms with E-state index in [0.29, 0.717) is 31.3 Å². The predicted octanol–water partition coefficient (Wildman–Crippen LogP) is 6.10. The molecule has 1 saturated heterocycles. The fraction of sp³-hybridized carbons (Fsp3) is 0.882. The number of ketones is 2. The molecule has 230 valence electrons. The van der Waals surface area contributed by atoms with E-state index in [1.165, 1.54) is 14.0 Å². The summed E-state index contributed by atoms with van der Waals surface area (Å²) >= 11 is 0. The van der Waals surface area contributed by atoms with Gasteiger partial charge in [-0.25, -0.2) is 0 Å². The Balaban J connectivity index is 1.46. The molecule has 5 fully saturated rings. The Hall–Kier alpha value is -1.76. The number of methoxy groups -OCH3 is 1. The van der Waals surface area contributed by atoms with Crippen molar-refractivity contribution >= 4 is 23.5 Å². The van der Waals surface area contributed by atoms with Gasteiger partial charge in [-0.2, -0.15) is 0 Å². The van der Waals surface area contributed by atoms with E-state index in [4.69, 9.17) is 14.2 Å². The lowest BCUT2D eigenvalue weighted by Crippen LogP contribution is -2.67. The topological polar surface area (TPSA) is 99.3 Å². The van der Waals surface area contributed by atoms with Gasteiger partial charge in [0.15, 0.2) is 17.2 Å². The van der Waals surface area contributed by atoms with Gasteiger partial charge in [-0.05, 0) is 85.4 Å². The maximum absolute atomic E-state index is 14.6. The molecule has 7 heteroatoms. The normalized spacial score (nSPS) is 46.5. The van der Waals surface area contributed by atoms with Crippen LogP contribution in [0.15, 0.2) is 0 Å². The van der Waals surface area contributed by atoms with Crippen LogP contribution in [-0.2, 0) is 33.4 Å². The third-order valence-electron chi connectivity index (χ3n) is 13.9. The zero-order chi connectivity index (χ0) is 30.4. The van der Waals surface area contributed by atoms with Gasteiger partial charge in [-0.1, -0.05) is 48.5 Å². The number of ether oxygens (including phenoxy) is 3. The molecule has 0 aromatic carbocycles. The molecule has 0 unspecified atom stereocenters. The van der Waals surface area contributed by atoms with E-state index in [9.17, 15) is 19.2 Å². The summed E-state index contributed by atoms with van der Waals surface area (Å²) in [6.45, 7) is 17.5. The summed E-state index contributed by atoms with van der Waals surface area (Å²) in [5.74, 6) is -0.456. The van der Waals surface area contributed by atoms with E-state index in [-0.39, 0.29) is 63.6 Å². The molecule has 0 aromatic rings. The predicted molar refractivity (Wildman–Crippen MR) is 154 cm³/mol. The minimum atomic E-state index is -1.43. The van der Waals surface area contributed by atoms with Gasteiger partial charge in [0, 0.05) is 24.7 Å². The molecule has 7 nitrogen and oxygen atoms in total. The number of fused-ring (bicyclic) bond motifs is 5. The quantitative estimate of drug-likeness (QED) is 0.215. The van der Waals surface area contributed by atoms with Crippen LogP contribution in [0.5, 0.6) is 0 Å².